The standard InChI is InChI=1S/C30H28BNO2.C24H16BrN.C12H24B2O4.C12H8BrN.C12H9I.C9H5Cl2N3/c1-29(2)30(3,4)34-31(33-29)25-14-10-16-27-28(25)24-13-8-9-15-26(24)32(27)23-19-17-22(18-20-23)21-11-6-5-7-12-21;25-21-10-6-12-23-24(21)20-9-4-5-11-22(20)26(23)19-15-13-18(14-16-19)17-7-2-1-3-8-17;1-9(2)10(3,4)16-13(15-9)14-17-11(5,6)12(7,8)18-14;13-9-5-3-7-11-12(9)8-4-1-2-6-10(8)14-11;13-12-8-6-11(7-9-12)10-4-2-1-3-5-10;10-8-12-7(13-9(11)14-8)6-4-2-1-3-5-6/h5-20H,1-4H3;1-16H;1-8H3;1-7,14H;1-9H;1-5H. The molecule has 0 unspecified atom stereocenters. The zero-order valence-corrected chi connectivity index (χ0v) is 75.2. The van der Waals surface area contributed by atoms with E-state index < -0.39 is 21.1 Å². The molecule has 0 radical (unpaired) electrons. The van der Waals surface area contributed by atoms with Crippen molar-refractivity contribution in [1.82, 2.24) is 29.1 Å². The zero-order chi connectivity index (χ0) is 83.6. The van der Waals surface area contributed by atoms with Crippen LogP contribution in [0.5, 0.6) is 0 Å². The summed E-state index contributed by atoms with van der Waals surface area (Å²) in [6, 6.07) is 112. The van der Waals surface area contributed by atoms with E-state index in [9.17, 15) is 0 Å². The monoisotopic (exact) mass is 1850 g/mol. The van der Waals surface area contributed by atoms with Crippen LogP contribution in [0.15, 0.2) is 330 Å². The van der Waals surface area contributed by atoms with Crippen LogP contribution in [0, 0.1) is 3.57 Å². The van der Waals surface area contributed by atoms with Gasteiger partial charge in [-0.2, -0.15) is 15.0 Å². The van der Waals surface area contributed by atoms with Crippen molar-refractivity contribution in [3.8, 4) is 56.1 Å². The van der Waals surface area contributed by atoms with E-state index in [1.54, 1.807) is 0 Å². The van der Waals surface area contributed by atoms with Gasteiger partial charge in [0.05, 0.1) is 55.7 Å². The molecular formula is C99H90B3Br2Cl2IN6O6. The van der Waals surface area contributed by atoms with Crippen LogP contribution in [-0.2, 0) is 27.9 Å². The Balaban J connectivity index is 0.000000116. The molecule has 4 aromatic heterocycles. The van der Waals surface area contributed by atoms with Gasteiger partial charge in [-0.15, -0.1) is 0 Å². The van der Waals surface area contributed by atoms with Gasteiger partial charge in [0, 0.05) is 72.8 Å². The quantitative estimate of drug-likeness (QED) is 0.117. The molecule has 3 aliphatic rings. The molecule has 12 nitrogen and oxygen atoms in total. The predicted octanol–water partition coefficient (Wildman–Crippen LogP) is 27.1. The highest BCUT2D eigenvalue weighted by Crippen LogP contribution is 2.45. The summed E-state index contributed by atoms with van der Waals surface area (Å²) in [4.78, 5) is 15.0. The summed E-state index contributed by atoms with van der Waals surface area (Å²) >= 11 is 20.9. The highest BCUT2D eigenvalue weighted by Gasteiger charge is 2.64. The molecule has 20 heteroatoms. The summed E-state index contributed by atoms with van der Waals surface area (Å²) in [7, 11) is -1.36. The van der Waals surface area contributed by atoms with E-state index in [2.05, 4.69) is 372 Å². The second-order valence-corrected chi connectivity index (χ2v) is 36.1. The molecule has 3 aliphatic heterocycles. The van der Waals surface area contributed by atoms with Gasteiger partial charge in [-0.1, -0.05) is 268 Å². The van der Waals surface area contributed by atoms with Gasteiger partial charge in [0.25, 0.3) is 0 Å². The van der Waals surface area contributed by atoms with E-state index in [0.29, 0.717) is 5.82 Å². The van der Waals surface area contributed by atoms with Crippen molar-refractivity contribution in [1.29, 1.82) is 0 Å². The number of fused-ring (bicyclic) bond motifs is 9. The number of benzene rings is 13. The maximum absolute atomic E-state index is 6.46. The first-order chi connectivity index (χ1) is 57.0. The topological polar surface area (TPSA) is 120 Å². The Hall–Kier alpha value is -9.51. The fourth-order valence-corrected chi connectivity index (χ4v) is 16.7. The van der Waals surface area contributed by atoms with Gasteiger partial charge in [-0.3, -0.25) is 0 Å². The normalized spacial score (nSPS) is 15.8. The number of aromatic nitrogens is 6. The lowest BCUT2D eigenvalue weighted by atomic mass is 9.49. The highest BCUT2D eigenvalue weighted by molar-refractivity contribution is 14.1. The molecular weight excluding hydrogens is 1760 g/mol. The predicted molar refractivity (Wildman–Crippen MR) is 511 cm³/mol. The third-order valence-electron chi connectivity index (χ3n) is 23.2. The van der Waals surface area contributed by atoms with Gasteiger partial charge < -0.3 is 42.0 Å². The molecule has 119 heavy (non-hydrogen) atoms. The maximum Gasteiger partial charge on any atom is 0.495 e. The summed E-state index contributed by atoms with van der Waals surface area (Å²) < 4.78 is 45.0. The number of nitrogens with zero attached hydrogens (tertiary/aromatic N) is 5. The van der Waals surface area contributed by atoms with E-state index >= 15 is 0 Å². The summed E-state index contributed by atoms with van der Waals surface area (Å²) in [5, 5.41) is 7.65. The van der Waals surface area contributed by atoms with Crippen LogP contribution in [0.2, 0.25) is 10.6 Å². The Morgan fingerprint density at radius 3 is 1.07 bits per heavy atom. The van der Waals surface area contributed by atoms with E-state index in [1.807, 2.05) is 116 Å². The van der Waals surface area contributed by atoms with Crippen molar-refractivity contribution < 1.29 is 27.9 Å². The summed E-state index contributed by atoms with van der Waals surface area (Å²) in [6.07, 6.45) is 0. The van der Waals surface area contributed by atoms with Crippen molar-refractivity contribution in [2.75, 3.05) is 0 Å². The van der Waals surface area contributed by atoms with E-state index in [0.717, 1.165) is 31.2 Å². The van der Waals surface area contributed by atoms with Gasteiger partial charge in [0.15, 0.2) is 5.82 Å². The molecule has 13 aromatic carbocycles. The van der Waals surface area contributed by atoms with Crippen molar-refractivity contribution in [2.45, 2.75) is 117 Å². The molecule has 0 aliphatic carbocycles. The molecule has 0 spiro atoms. The molecule has 7 heterocycles. The SMILES string of the molecule is Brc1cccc2[nH]c3ccccc3c12.Brc1cccc2c1c1ccccc1n2-c1ccc(-c2ccccc2)cc1.CC1(C)OB(B2OC(C)(C)C(C)(C)O2)OC1(C)C.CC1(C)OB(c2cccc3c2c2ccccc2n3-c2ccc(-c3ccccc3)cc2)OC1(C)C.Clc1nc(Cl)nc(-c2ccccc2)n1.Ic1ccc(-c2ccccc2)cc1. The number of hydrogen-bond acceptors (Lipinski definition) is 9. The van der Waals surface area contributed by atoms with Gasteiger partial charge in [0.1, 0.15) is 0 Å². The Kier molecular flexibility index (Phi) is 25.1. The fraction of sp³-hybridized carbons (Fsp3) is 0.182. The number of nitrogens with one attached hydrogen (secondary N) is 1. The minimum atomic E-state index is -0.476. The maximum atomic E-state index is 6.46. The summed E-state index contributed by atoms with van der Waals surface area (Å²) in [6.45, 7) is 24.6. The van der Waals surface area contributed by atoms with Crippen LogP contribution in [0.4, 0.5) is 0 Å². The number of H-pyrrole nitrogens is 1. The molecule has 3 fully saturated rings. The third kappa shape index (κ3) is 18.1. The van der Waals surface area contributed by atoms with Crippen LogP contribution < -0.4 is 5.46 Å². The molecule has 20 rings (SSSR count). The first kappa shape index (κ1) is 84.5. The Morgan fingerprint density at radius 2 is 0.622 bits per heavy atom. The molecule has 596 valence electrons. The Morgan fingerprint density at radius 1 is 0.303 bits per heavy atom. The van der Waals surface area contributed by atoms with Crippen molar-refractivity contribution in [3.63, 3.8) is 0 Å². The number of hydrogen-bond donors (Lipinski definition) is 1. The second-order valence-electron chi connectivity index (χ2n) is 32.5. The first-order valence-corrected chi connectivity index (χ1v) is 43.1. The number of rotatable bonds is 8. The summed E-state index contributed by atoms with van der Waals surface area (Å²) in [5.41, 5.74) is 16.6. The van der Waals surface area contributed by atoms with Crippen LogP contribution in [0.25, 0.3) is 122 Å². The van der Waals surface area contributed by atoms with E-state index in [-0.39, 0.29) is 44.2 Å². The van der Waals surface area contributed by atoms with Crippen LogP contribution in [0.1, 0.15) is 83.1 Å². The average Bonchev–Trinajstić information content (AvgIpc) is 1.57. The molecule has 0 amide bonds. The highest BCUT2D eigenvalue weighted by atomic mass is 127. The van der Waals surface area contributed by atoms with Gasteiger partial charge in [0.2, 0.25) is 10.6 Å². The minimum absolute atomic E-state index is 0.101. The van der Waals surface area contributed by atoms with Crippen LogP contribution in [0.3, 0.4) is 0 Å². The van der Waals surface area contributed by atoms with Crippen molar-refractivity contribution in [3.05, 3.63) is 345 Å². The van der Waals surface area contributed by atoms with Crippen molar-refractivity contribution >= 4 is 170 Å². The fourth-order valence-electron chi connectivity index (χ4n) is 14.8. The molecule has 0 atom stereocenters. The molecule has 0 bridgehead atoms. The number of halogens is 5. The number of aromatic amines is 1. The second kappa shape index (κ2) is 35.3. The summed E-state index contributed by atoms with van der Waals surface area (Å²) in [5.74, 6) is 0.482. The third-order valence-corrected chi connectivity index (χ3v) is 25.5. The first-order valence-electron chi connectivity index (χ1n) is 39.7. The van der Waals surface area contributed by atoms with Gasteiger partial charge in [-0.05, 0) is 253 Å². The van der Waals surface area contributed by atoms with E-state index in [4.69, 9.17) is 51.1 Å². The average molecular weight is 1850 g/mol. The zero-order valence-electron chi connectivity index (χ0n) is 68.4. The largest absolute Gasteiger partial charge is 0.495 e. The van der Waals surface area contributed by atoms with Gasteiger partial charge >= 0.3 is 21.1 Å². The lowest BCUT2D eigenvalue weighted by molar-refractivity contribution is 0.00578. The van der Waals surface area contributed by atoms with E-state index in [1.165, 1.54) is 103 Å². The lowest BCUT2D eigenvalue weighted by Crippen LogP contribution is -2.41. The van der Waals surface area contributed by atoms with Gasteiger partial charge in [-0.25, -0.2) is 0 Å². The molecule has 17 aromatic rings. The van der Waals surface area contributed by atoms with Crippen molar-refractivity contribution in [2.24, 2.45) is 0 Å². The minimum Gasteiger partial charge on any atom is -0.405 e. The molecule has 3 saturated heterocycles. The molecule has 1 N–H and O–H groups in total. The lowest BCUT2D eigenvalue weighted by Gasteiger charge is -2.32. The Labute approximate surface area is 737 Å². The van der Waals surface area contributed by atoms with Crippen LogP contribution in [-0.4, -0.2) is 83.8 Å². The number of para-hydroxylation sites is 3. The Bertz CT molecular complexity index is 6320. The smallest absolute Gasteiger partial charge is 0.405 e. The molecule has 0 saturated carbocycles. The van der Waals surface area contributed by atoms with Crippen LogP contribution >= 0.6 is 77.7 Å².